The second-order valence-corrected chi connectivity index (χ2v) is 3.83. The normalized spacial score (nSPS) is 15.7. The molecule has 2 atom stereocenters. The van der Waals surface area contributed by atoms with Crippen LogP contribution in [0.2, 0.25) is 0 Å². The number of unbranched alkanes of at least 4 members (excludes halogenated alkanes) is 2. The lowest BCUT2D eigenvalue weighted by Crippen LogP contribution is -2.17. The van der Waals surface area contributed by atoms with Crippen molar-refractivity contribution >= 4 is 0 Å². The Balaban J connectivity index is 3.35. The van der Waals surface area contributed by atoms with E-state index >= 15 is 0 Å². The predicted octanol–water partition coefficient (Wildman–Crippen LogP) is 2.48. The zero-order valence-electron chi connectivity index (χ0n) is 9.00. The second-order valence-electron chi connectivity index (χ2n) is 3.83. The lowest BCUT2D eigenvalue weighted by Gasteiger charge is -2.14. The van der Waals surface area contributed by atoms with Gasteiger partial charge in [-0.2, -0.15) is 0 Å². The predicted molar refractivity (Wildman–Crippen MR) is 55.7 cm³/mol. The highest BCUT2D eigenvalue weighted by molar-refractivity contribution is 4.63. The highest BCUT2D eigenvalue weighted by Crippen LogP contribution is 2.11. The molecule has 2 heteroatoms. The average Bonchev–Trinajstić information content (AvgIpc) is 2.11. The van der Waals surface area contributed by atoms with Crippen LogP contribution in [0.1, 0.15) is 58.8 Å². The van der Waals surface area contributed by atoms with Gasteiger partial charge in [0, 0.05) is 0 Å². The summed E-state index contributed by atoms with van der Waals surface area (Å²) in [6, 6.07) is 0. The molecule has 0 heterocycles. The van der Waals surface area contributed by atoms with Crippen molar-refractivity contribution < 1.29 is 10.2 Å². The van der Waals surface area contributed by atoms with Crippen molar-refractivity contribution in [3.63, 3.8) is 0 Å². The summed E-state index contributed by atoms with van der Waals surface area (Å²) in [4.78, 5) is 0. The zero-order valence-corrected chi connectivity index (χ0v) is 9.00. The molecule has 80 valence electrons. The first kappa shape index (κ1) is 12.9. The Hall–Kier alpha value is -0.0800. The van der Waals surface area contributed by atoms with Crippen LogP contribution in [0.15, 0.2) is 0 Å². The van der Waals surface area contributed by atoms with E-state index in [-0.39, 0.29) is 12.2 Å². The highest BCUT2D eigenvalue weighted by Gasteiger charge is 2.10. The molecule has 0 aliphatic rings. The van der Waals surface area contributed by atoms with E-state index < -0.39 is 0 Å². The fraction of sp³-hybridized carbons (Fsp3) is 1.00. The number of aliphatic hydroxyl groups excluding tert-OH is 2. The van der Waals surface area contributed by atoms with Gasteiger partial charge in [0.1, 0.15) is 0 Å². The van der Waals surface area contributed by atoms with Crippen molar-refractivity contribution in [2.24, 2.45) is 0 Å². The van der Waals surface area contributed by atoms with Gasteiger partial charge in [0.2, 0.25) is 0 Å². The molecule has 2 N–H and O–H groups in total. The molecular formula is C11H24O2. The van der Waals surface area contributed by atoms with Gasteiger partial charge < -0.3 is 10.2 Å². The van der Waals surface area contributed by atoms with E-state index in [0.717, 1.165) is 38.5 Å². The fourth-order valence-electron chi connectivity index (χ4n) is 1.43. The van der Waals surface area contributed by atoms with Crippen LogP contribution in [-0.4, -0.2) is 22.4 Å². The fourth-order valence-corrected chi connectivity index (χ4v) is 1.43. The summed E-state index contributed by atoms with van der Waals surface area (Å²) in [6.45, 7) is 4.22. The molecule has 0 saturated heterocycles. The van der Waals surface area contributed by atoms with Crippen LogP contribution in [0.5, 0.6) is 0 Å². The van der Waals surface area contributed by atoms with E-state index in [2.05, 4.69) is 13.8 Å². The number of rotatable bonds is 8. The Labute approximate surface area is 82.0 Å². The molecule has 0 aromatic heterocycles. The minimum atomic E-state index is -0.299. The first-order valence-corrected chi connectivity index (χ1v) is 5.56. The second kappa shape index (κ2) is 8.52. The van der Waals surface area contributed by atoms with Gasteiger partial charge in [0.25, 0.3) is 0 Å². The molecule has 0 spiro atoms. The first-order valence-electron chi connectivity index (χ1n) is 5.56. The Kier molecular flexibility index (Phi) is 8.46. The zero-order chi connectivity index (χ0) is 10.1. The molecule has 0 unspecified atom stereocenters. The third-order valence-corrected chi connectivity index (χ3v) is 2.33. The van der Waals surface area contributed by atoms with Crippen LogP contribution in [-0.2, 0) is 0 Å². The minimum absolute atomic E-state index is 0.299. The van der Waals surface area contributed by atoms with Gasteiger partial charge in [0.05, 0.1) is 12.2 Å². The smallest absolute Gasteiger partial charge is 0.0564 e. The molecule has 0 aromatic rings. The van der Waals surface area contributed by atoms with Gasteiger partial charge in [-0.1, -0.05) is 39.5 Å². The third-order valence-electron chi connectivity index (χ3n) is 2.33. The number of aliphatic hydroxyl groups is 2. The summed E-state index contributed by atoms with van der Waals surface area (Å²) < 4.78 is 0. The number of hydrogen-bond acceptors (Lipinski definition) is 2. The summed E-state index contributed by atoms with van der Waals surface area (Å²) >= 11 is 0. The topological polar surface area (TPSA) is 40.5 Å². The summed E-state index contributed by atoms with van der Waals surface area (Å²) in [7, 11) is 0. The molecule has 0 aliphatic carbocycles. The van der Waals surface area contributed by atoms with Crippen LogP contribution in [0.4, 0.5) is 0 Å². The molecular weight excluding hydrogens is 164 g/mol. The van der Waals surface area contributed by atoms with Gasteiger partial charge in [0.15, 0.2) is 0 Å². The van der Waals surface area contributed by atoms with Crippen molar-refractivity contribution in [3.05, 3.63) is 0 Å². The molecule has 0 aliphatic heterocycles. The standard InChI is InChI=1S/C11H24O2/c1-3-5-7-10(12)9-11(13)8-6-4-2/h10-13H,3-9H2,1-2H3/t10-,11-/m1/s1. The molecule has 0 rings (SSSR count). The van der Waals surface area contributed by atoms with Crippen molar-refractivity contribution in [2.75, 3.05) is 0 Å². The van der Waals surface area contributed by atoms with Crippen LogP contribution in [0, 0.1) is 0 Å². The van der Waals surface area contributed by atoms with Crippen molar-refractivity contribution in [1.82, 2.24) is 0 Å². The first-order chi connectivity index (χ1) is 6.20. The molecule has 0 fully saturated rings. The molecule has 13 heavy (non-hydrogen) atoms. The van der Waals surface area contributed by atoms with E-state index in [1.54, 1.807) is 0 Å². The lowest BCUT2D eigenvalue weighted by molar-refractivity contribution is 0.0686. The molecule has 0 radical (unpaired) electrons. The van der Waals surface area contributed by atoms with Crippen molar-refractivity contribution in [1.29, 1.82) is 0 Å². The number of hydrogen-bond donors (Lipinski definition) is 2. The largest absolute Gasteiger partial charge is 0.393 e. The van der Waals surface area contributed by atoms with E-state index in [4.69, 9.17) is 0 Å². The van der Waals surface area contributed by atoms with Crippen LogP contribution in [0.25, 0.3) is 0 Å². The van der Waals surface area contributed by atoms with Crippen LogP contribution < -0.4 is 0 Å². The van der Waals surface area contributed by atoms with E-state index in [1.165, 1.54) is 0 Å². The Bertz CT molecular complexity index is 92.3. The van der Waals surface area contributed by atoms with E-state index in [1.807, 2.05) is 0 Å². The maximum Gasteiger partial charge on any atom is 0.0564 e. The summed E-state index contributed by atoms with van der Waals surface area (Å²) in [5.41, 5.74) is 0. The maximum atomic E-state index is 9.49. The van der Waals surface area contributed by atoms with E-state index in [9.17, 15) is 10.2 Å². The van der Waals surface area contributed by atoms with Gasteiger partial charge in [-0.3, -0.25) is 0 Å². The van der Waals surface area contributed by atoms with Gasteiger partial charge in [-0.25, -0.2) is 0 Å². The van der Waals surface area contributed by atoms with E-state index in [0.29, 0.717) is 6.42 Å². The molecule has 0 amide bonds. The lowest BCUT2D eigenvalue weighted by atomic mass is 10.0. The summed E-state index contributed by atoms with van der Waals surface area (Å²) in [5, 5.41) is 19.0. The Morgan fingerprint density at radius 1 is 0.846 bits per heavy atom. The summed E-state index contributed by atoms with van der Waals surface area (Å²) in [5.74, 6) is 0. The minimum Gasteiger partial charge on any atom is -0.393 e. The van der Waals surface area contributed by atoms with Gasteiger partial charge >= 0.3 is 0 Å². The quantitative estimate of drug-likeness (QED) is 0.614. The SMILES string of the molecule is CCCC[C@@H](O)C[C@H](O)CCCC. The van der Waals surface area contributed by atoms with Crippen LogP contribution in [0.3, 0.4) is 0 Å². The Morgan fingerprint density at radius 3 is 1.54 bits per heavy atom. The average molecular weight is 188 g/mol. The highest BCUT2D eigenvalue weighted by atomic mass is 16.3. The molecule has 0 aromatic carbocycles. The maximum absolute atomic E-state index is 9.49. The molecule has 0 saturated carbocycles. The van der Waals surface area contributed by atoms with Crippen molar-refractivity contribution in [3.8, 4) is 0 Å². The molecule has 0 bridgehead atoms. The monoisotopic (exact) mass is 188 g/mol. The van der Waals surface area contributed by atoms with Crippen molar-refractivity contribution in [2.45, 2.75) is 71.0 Å². The molecule has 2 nitrogen and oxygen atoms in total. The Morgan fingerprint density at radius 2 is 1.23 bits per heavy atom. The van der Waals surface area contributed by atoms with Gasteiger partial charge in [-0.05, 0) is 19.3 Å². The third kappa shape index (κ3) is 8.26. The van der Waals surface area contributed by atoms with Gasteiger partial charge in [-0.15, -0.1) is 0 Å². The van der Waals surface area contributed by atoms with Crippen LogP contribution >= 0.6 is 0 Å². The summed E-state index contributed by atoms with van der Waals surface area (Å²) in [6.07, 6.45) is 5.96.